The lowest BCUT2D eigenvalue weighted by Crippen LogP contribution is -2.25. The Morgan fingerprint density at radius 3 is 2.62 bits per heavy atom. The second-order valence-corrected chi connectivity index (χ2v) is 6.78. The number of unbranched alkanes of at least 4 members (excludes halogenated alkanes) is 1. The van der Waals surface area contributed by atoms with Gasteiger partial charge < -0.3 is 10.2 Å². The van der Waals surface area contributed by atoms with Gasteiger partial charge in [-0.3, -0.25) is 4.79 Å². The van der Waals surface area contributed by atoms with Crippen LogP contribution in [0.25, 0.3) is 10.1 Å². The number of hydrogen-bond donors (Lipinski definition) is 1. The van der Waals surface area contributed by atoms with Crippen molar-refractivity contribution in [3.63, 3.8) is 0 Å². The summed E-state index contributed by atoms with van der Waals surface area (Å²) in [5, 5.41) is 6.03. The molecule has 1 heterocycles. The van der Waals surface area contributed by atoms with E-state index in [0.717, 1.165) is 35.0 Å². The number of hydrogen-bond acceptors (Lipinski definition) is 3. The molecule has 0 aliphatic carbocycles. The third kappa shape index (κ3) is 3.95. The first-order valence-electron chi connectivity index (χ1n) is 8.26. The number of benzene rings is 2. The molecule has 0 saturated carbocycles. The highest BCUT2D eigenvalue weighted by atomic mass is 32.1. The smallest absolute Gasteiger partial charge is 0.252 e. The van der Waals surface area contributed by atoms with Crippen molar-refractivity contribution in [1.29, 1.82) is 0 Å². The molecule has 1 N–H and O–H groups in total. The van der Waals surface area contributed by atoms with Gasteiger partial charge in [-0.2, -0.15) is 0 Å². The Kier molecular flexibility index (Phi) is 5.49. The minimum Gasteiger partial charge on any atom is -0.375 e. The zero-order valence-electron chi connectivity index (χ0n) is 13.9. The maximum atomic E-state index is 12.3. The largest absolute Gasteiger partial charge is 0.375 e. The third-order valence-electron chi connectivity index (χ3n) is 4.13. The van der Waals surface area contributed by atoms with Crippen molar-refractivity contribution in [2.45, 2.75) is 12.8 Å². The van der Waals surface area contributed by atoms with Gasteiger partial charge in [0.25, 0.3) is 5.91 Å². The Bertz CT molecular complexity index is 798. The number of nitrogens with one attached hydrogen (secondary N) is 1. The summed E-state index contributed by atoms with van der Waals surface area (Å²) in [5.41, 5.74) is 2.02. The van der Waals surface area contributed by atoms with Gasteiger partial charge in [-0.15, -0.1) is 11.3 Å². The molecular formula is C20H22N2OS. The second kappa shape index (κ2) is 7.97. The van der Waals surface area contributed by atoms with Crippen LogP contribution in [0, 0.1) is 0 Å². The standard InChI is InChI=1S/C20H22N2OS/c1-22(16-9-3-2-4-10-16)14-8-7-13-21-20(23)18-15-24-19-12-6-5-11-17(18)19/h2-6,9-12,15H,7-8,13-14H2,1H3,(H,21,23). The molecule has 0 radical (unpaired) electrons. The lowest BCUT2D eigenvalue weighted by molar-refractivity contribution is 0.0955. The molecule has 0 aliphatic rings. The summed E-state index contributed by atoms with van der Waals surface area (Å²) in [6.45, 7) is 1.70. The first-order chi connectivity index (χ1) is 11.8. The normalized spacial score (nSPS) is 10.7. The molecule has 0 saturated heterocycles. The van der Waals surface area contributed by atoms with E-state index in [2.05, 4.69) is 47.6 Å². The number of rotatable bonds is 7. The van der Waals surface area contributed by atoms with Gasteiger partial charge in [0, 0.05) is 41.3 Å². The first-order valence-corrected chi connectivity index (χ1v) is 9.14. The maximum absolute atomic E-state index is 12.3. The number of nitrogens with zero attached hydrogens (tertiary/aromatic N) is 1. The van der Waals surface area contributed by atoms with E-state index in [-0.39, 0.29) is 5.91 Å². The van der Waals surface area contributed by atoms with Gasteiger partial charge in [-0.1, -0.05) is 36.4 Å². The van der Waals surface area contributed by atoms with Crippen molar-refractivity contribution < 1.29 is 4.79 Å². The molecule has 1 amide bonds. The van der Waals surface area contributed by atoms with Crippen LogP contribution in [0.1, 0.15) is 23.2 Å². The summed E-state index contributed by atoms with van der Waals surface area (Å²) in [7, 11) is 2.10. The van der Waals surface area contributed by atoms with Crippen molar-refractivity contribution >= 4 is 33.0 Å². The Hall–Kier alpha value is -2.33. The monoisotopic (exact) mass is 338 g/mol. The van der Waals surface area contributed by atoms with Gasteiger partial charge in [0.2, 0.25) is 0 Å². The molecule has 0 aliphatic heterocycles. The summed E-state index contributed by atoms with van der Waals surface area (Å²) in [5.74, 6) is 0.0314. The average molecular weight is 338 g/mol. The molecule has 0 fully saturated rings. The molecule has 24 heavy (non-hydrogen) atoms. The van der Waals surface area contributed by atoms with Crippen LogP contribution in [-0.4, -0.2) is 26.0 Å². The topological polar surface area (TPSA) is 32.3 Å². The molecule has 4 heteroatoms. The van der Waals surface area contributed by atoms with Crippen molar-refractivity contribution in [2.75, 3.05) is 25.0 Å². The highest BCUT2D eigenvalue weighted by Crippen LogP contribution is 2.25. The minimum atomic E-state index is 0.0314. The van der Waals surface area contributed by atoms with Gasteiger partial charge in [0.1, 0.15) is 0 Å². The van der Waals surface area contributed by atoms with Crippen LogP contribution in [0.4, 0.5) is 5.69 Å². The summed E-state index contributed by atoms with van der Waals surface area (Å²) < 4.78 is 1.16. The number of carbonyl (C=O) groups excluding carboxylic acids is 1. The van der Waals surface area contributed by atoms with Crippen molar-refractivity contribution in [3.8, 4) is 0 Å². The Labute approximate surface area is 146 Å². The fraction of sp³-hybridized carbons (Fsp3) is 0.250. The number of carbonyl (C=O) groups is 1. The van der Waals surface area contributed by atoms with E-state index in [1.165, 1.54) is 5.69 Å². The van der Waals surface area contributed by atoms with E-state index in [4.69, 9.17) is 0 Å². The quantitative estimate of drug-likeness (QED) is 0.641. The highest BCUT2D eigenvalue weighted by molar-refractivity contribution is 7.17. The maximum Gasteiger partial charge on any atom is 0.252 e. The van der Waals surface area contributed by atoms with Crippen LogP contribution in [-0.2, 0) is 0 Å². The van der Waals surface area contributed by atoms with E-state index in [1.54, 1.807) is 11.3 Å². The van der Waals surface area contributed by atoms with Crippen molar-refractivity contribution in [1.82, 2.24) is 5.32 Å². The lowest BCUT2D eigenvalue weighted by atomic mass is 10.1. The number of para-hydroxylation sites is 1. The first kappa shape index (κ1) is 16.5. The average Bonchev–Trinajstić information content (AvgIpc) is 3.06. The summed E-state index contributed by atoms with van der Waals surface area (Å²) in [4.78, 5) is 14.6. The number of fused-ring (bicyclic) bond motifs is 1. The van der Waals surface area contributed by atoms with Gasteiger partial charge in [-0.05, 0) is 31.0 Å². The Morgan fingerprint density at radius 2 is 1.79 bits per heavy atom. The summed E-state index contributed by atoms with van der Waals surface area (Å²) >= 11 is 1.62. The van der Waals surface area contributed by atoms with Crippen molar-refractivity contribution in [2.24, 2.45) is 0 Å². The molecule has 0 spiro atoms. The Balaban J connectivity index is 1.43. The van der Waals surface area contributed by atoms with Crippen LogP contribution >= 0.6 is 11.3 Å². The van der Waals surface area contributed by atoms with E-state index in [1.807, 2.05) is 29.6 Å². The lowest BCUT2D eigenvalue weighted by Gasteiger charge is -2.19. The van der Waals surface area contributed by atoms with Gasteiger partial charge >= 0.3 is 0 Å². The number of thiophene rings is 1. The van der Waals surface area contributed by atoms with Crippen LogP contribution in [0.3, 0.4) is 0 Å². The molecule has 124 valence electrons. The Morgan fingerprint density at radius 1 is 1.04 bits per heavy atom. The fourth-order valence-corrected chi connectivity index (χ4v) is 3.68. The number of anilines is 1. The summed E-state index contributed by atoms with van der Waals surface area (Å²) in [6, 6.07) is 18.4. The molecule has 0 bridgehead atoms. The summed E-state index contributed by atoms with van der Waals surface area (Å²) in [6.07, 6.45) is 2.03. The van der Waals surface area contributed by atoms with E-state index >= 15 is 0 Å². The molecule has 0 atom stereocenters. The molecule has 0 unspecified atom stereocenters. The minimum absolute atomic E-state index is 0.0314. The van der Waals surface area contributed by atoms with E-state index in [9.17, 15) is 4.79 Å². The zero-order valence-corrected chi connectivity index (χ0v) is 14.7. The molecule has 3 rings (SSSR count). The van der Waals surface area contributed by atoms with Gasteiger partial charge in [0.15, 0.2) is 0 Å². The van der Waals surface area contributed by atoms with Crippen LogP contribution in [0.2, 0.25) is 0 Å². The molecule has 1 aromatic heterocycles. The molecule has 3 aromatic rings. The van der Waals surface area contributed by atoms with Crippen molar-refractivity contribution in [3.05, 3.63) is 65.5 Å². The highest BCUT2D eigenvalue weighted by Gasteiger charge is 2.11. The predicted molar refractivity (Wildman–Crippen MR) is 103 cm³/mol. The SMILES string of the molecule is CN(CCCCNC(=O)c1csc2ccccc12)c1ccccc1. The molecular weight excluding hydrogens is 316 g/mol. The van der Waals surface area contributed by atoms with Crippen LogP contribution in [0.5, 0.6) is 0 Å². The second-order valence-electron chi connectivity index (χ2n) is 5.87. The van der Waals surface area contributed by atoms with Gasteiger partial charge in [-0.25, -0.2) is 0 Å². The van der Waals surface area contributed by atoms with Crippen LogP contribution < -0.4 is 10.2 Å². The third-order valence-corrected chi connectivity index (χ3v) is 5.09. The van der Waals surface area contributed by atoms with E-state index in [0.29, 0.717) is 6.54 Å². The van der Waals surface area contributed by atoms with Gasteiger partial charge in [0.05, 0.1) is 5.56 Å². The molecule has 3 nitrogen and oxygen atoms in total. The zero-order chi connectivity index (χ0) is 16.8. The molecule has 2 aromatic carbocycles. The van der Waals surface area contributed by atoms with E-state index < -0.39 is 0 Å². The fourth-order valence-electron chi connectivity index (χ4n) is 2.74. The van der Waals surface area contributed by atoms with Crippen LogP contribution in [0.15, 0.2) is 60.0 Å². The predicted octanol–water partition coefficient (Wildman–Crippen LogP) is 4.55. The number of amides is 1.